The summed E-state index contributed by atoms with van der Waals surface area (Å²) in [6.07, 6.45) is 3.27. The van der Waals surface area contributed by atoms with Crippen LogP contribution in [0.5, 0.6) is 0 Å². The quantitative estimate of drug-likeness (QED) is 0.567. The Kier molecular flexibility index (Phi) is 3.93. The molecule has 2 rings (SSSR count). The first-order chi connectivity index (χ1) is 8.95. The number of allylic oxidation sites excluding steroid dienone is 3. The van der Waals surface area contributed by atoms with Gasteiger partial charge in [-0.1, -0.05) is 24.6 Å². The molecule has 2 aliphatic carbocycles. The molecule has 0 radical (unpaired) electrons. The van der Waals surface area contributed by atoms with Crippen molar-refractivity contribution in [2.75, 3.05) is 7.11 Å². The molecule has 0 aromatic heterocycles. The average molecular weight is 262 g/mol. The number of esters is 1. The maximum Gasteiger partial charge on any atom is 0.308 e. The molecular formula is C16H22O3. The molecule has 0 spiro atoms. The largest absolute Gasteiger partial charge is 0.469 e. The normalized spacial score (nSPS) is 29.0. The van der Waals surface area contributed by atoms with E-state index in [1.54, 1.807) is 0 Å². The zero-order chi connectivity index (χ0) is 14.2. The summed E-state index contributed by atoms with van der Waals surface area (Å²) >= 11 is 0. The summed E-state index contributed by atoms with van der Waals surface area (Å²) in [5.41, 5.74) is 3.27. The van der Waals surface area contributed by atoms with E-state index in [4.69, 9.17) is 4.74 Å². The van der Waals surface area contributed by atoms with E-state index in [0.717, 1.165) is 30.4 Å². The summed E-state index contributed by atoms with van der Waals surface area (Å²) < 4.78 is 4.85. The van der Waals surface area contributed by atoms with Crippen LogP contribution in [0.3, 0.4) is 0 Å². The first kappa shape index (κ1) is 14.0. The monoisotopic (exact) mass is 262 g/mol. The van der Waals surface area contributed by atoms with Crippen molar-refractivity contribution in [2.24, 2.45) is 17.8 Å². The summed E-state index contributed by atoms with van der Waals surface area (Å²) in [5.74, 6) is 0.448. The van der Waals surface area contributed by atoms with Gasteiger partial charge in [-0.15, -0.1) is 0 Å². The van der Waals surface area contributed by atoms with Crippen LogP contribution in [0.4, 0.5) is 0 Å². The first-order valence-electron chi connectivity index (χ1n) is 6.94. The van der Waals surface area contributed by atoms with Gasteiger partial charge < -0.3 is 4.74 Å². The van der Waals surface area contributed by atoms with Crippen molar-refractivity contribution in [2.45, 2.75) is 39.5 Å². The molecule has 3 heteroatoms. The van der Waals surface area contributed by atoms with Gasteiger partial charge in [-0.25, -0.2) is 0 Å². The highest BCUT2D eigenvalue weighted by Crippen LogP contribution is 2.44. The van der Waals surface area contributed by atoms with E-state index in [1.165, 1.54) is 12.7 Å². The number of hydrogen-bond donors (Lipinski definition) is 0. The van der Waals surface area contributed by atoms with Gasteiger partial charge in [0, 0.05) is 12.3 Å². The zero-order valence-electron chi connectivity index (χ0n) is 12.0. The molecule has 0 aliphatic heterocycles. The standard InChI is InChI=1S/C16H22O3/c1-9-5-6-12(10(2)16(18)19-4)7-14-11(3)15(17)8-13(9)14/h10,12-13H,1,5-8H2,2-4H3/t10-,12+,13-/m0/s1. The lowest BCUT2D eigenvalue weighted by atomic mass is 9.85. The number of hydrogen-bond acceptors (Lipinski definition) is 3. The Labute approximate surface area is 114 Å². The molecule has 0 saturated heterocycles. The minimum Gasteiger partial charge on any atom is -0.469 e. The van der Waals surface area contributed by atoms with E-state index in [1.807, 2.05) is 13.8 Å². The van der Waals surface area contributed by atoms with Crippen LogP contribution >= 0.6 is 0 Å². The van der Waals surface area contributed by atoms with Crippen LogP contribution in [-0.4, -0.2) is 18.9 Å². The number of ketones is 1. The molecule has 0 heterocycles. The fourth-order valence-corrected chi connectivity index (χ4v) is 3.32. The van der Waals surface area contributed by atoms with Crippen LogP contribution in [0.15, 0.2) is 23.3 Å². The fourth-order valence-electron chi connectivity index (χ4n) is 3.32. The van der Waals surface area contributed by atoms with Crippen molar-refractivity contribution < 1.29 is 14.3 Å². The summed E-state index contributed by atoms with van der Waals surface area (Å²) in [6.45, 7) is 7.98. The summed E-state index contributed by atoms with van der Waals surface area (Å²) in [4.78, 5) is 23.6. The average Bonchev–Trinajstić information content (AvgIpc) is 2.59. The predicted molar refractivity (Wildman–Crippen MR) is 73.5 cm³/mol. The summed E-state index contributed by atoms with van der Waals surface area (Å²) in [6, 6.07) is 0. The molecule has 0 bridgehead atoms. The van der Waals surface area contributed by atoms with Crippen molar-refractivity contribution in [3.63, 3.8) is 0 Å². The molecule has 1 saturated carbocycles. The molecule has 0 unspecified atom stereocenters. The van der Waals surface area contributed by atoms with Gasteiger partial charge in [-0.3, -0.25) is 9.59 Å². The lowest BCUT2D eigenvalue weighted by Gasteiger charge is -2.21. The van der Waals surface area contributed by atoms with Gasteiger partial charge in [0.25, 0.3) is 0 Å². The molecule has 2 aliphatic rings. The van der Waals surface area contributed by atoms with E-state index in [0.29, 0.717) is 6.42 Å². The van der Waals surface area contributed by atoms with Gasteiger partial charge in [0.1, 0.15) is 0 Å². The lowest BCUT2D eigenvalue weighted by molar-refractivity contribution is -0.146. The molecule has 0 aromatic carbocycles. The minimum absolute atomic E-state index is 0.118. The van der Waals surface area contributed by atoms with Crippen LogP contribution in [-0.2, 0) is 14.3 Å². The highest BCUT2D eigenvalue weighted by Gasteiger charge is 2.37. The molecule has 104 valence electrons. The second-order valence-electron chi connectivity index (χ2n) is 5.80. The third kappa shape index (κ3) is 2.51. The number of rotatable bonds is 2. The second-order valence-corrected chi connectivity index (χ2v) is 5.80. The van der Waals surface area contributed by atoms with Crippen LogP contribution in [0, 0.1) is 17.8 Å². The minimum atomic E-state index is -0.156. The smallest absolute Gasteiger partial charge is 0.308 e. The van der Waals surface area contributed by atoms with E-state index in [9.17, 15) is 9.59 Å². The molecule has 0 amide bonds. The topological polar surface area (TPSA) is 43.4 Å². The molecule has 3 nitrogen and oxygen atoms in total. The third-order valence-electron chi connectivity index (χ3n) is 4.80. The number of carbonyl (C=O) groups excluding carboxylic acids is 2. The Morgan fingerprint density at radius 1 is 1.42 bits per heavy atom. The maximum absolute atomic E-state index is 11.9. The van der Waals surface area contributed by atoms with Crippen molar-refractivity contribution in [1.82, 2.24) is 0 Å². The molecule has 0 N–H and O–H groups in total. The predicted octanol–water partition coefficient (Wildman–Crippen LogP) is 3.06. The number of Topliss-reactive ketones (excluding diaryl/α,β-unsaturated/α-hetero) is 1. The van der Waals surface area contributed by atoms with E-state index >= 15 is 0 Å². The number of methoxy groups -OCH3 is 1. The van der Waals surface area contributed by atoms with Crippen LogP contribution in [0.2, 0.25) is 0 Å². The van der Waals surface area contributed by atoms with Crippen molar-refractivity contribution >= 4 is 11.8 Å². The third-order valence-corrected chi connectivity index (χ3v) is 4.80. The van der Waals surface area contributed by atoms with E-state index in [2.05, 4.69) is 6.58 Å². The van der Waals surface area contributed by atoms with Crippen LogP contribution in [0.1, 0.15) is 39.5 Å². The van der Waals surface area contributed by atoms with Crippen molar-refractivity contribution in [3.05, 3.63) is 23.3 Å². The fraction of sp³-hybridized carbons (Fsp3) is 0.625. The van der Waals surface area contributed by atoms with Crippen molar-refractivity contribution in [3.8, 4) is 0 Å². The number of fused-ring (bicyclic) bond motifs is 1. The van der Waals surface area contributed by atoms with Gasteiger partial charge in [0.05, 0.1) is 13.0 Å². The Morgan fingerprint density at radius 3 is 2.74 bits per heavy atom. The van der Waals surface area contributed by atoms with Gasteiger partial charge in [-0.05, 0) is 37.7 Å². The Bertz CT molecular complexity index is 459. The molecule has 1 fully saturated rings. The molecule has 0 aromatic rings. The van der Waals surface area contributed by atoms with Gasteiger partial charge >= 0.3 is 5.97 Å². The first-order valence-corrected chi connectivity index (χ1v) is 6.94. The van der Waals surface area contributed by atoms with Crippen LogP contribution < -0.4 is 0 Å². The number of carbonyl (C=O) groups is 2. The van der Waals surface area contributed by atoms with Crippen molar-refractivity contribution in [1.29, 1.82) is 0 Å². The lowest BCUT2D eigenvalue weighted by Crippen LogP contribution is -2.22. The Balaban J connectivity index is 2.25. The Morgan fingerprint density at radius 2 is 2.11 bits per heavy atom. The van der Waals surface area contributed by atoms with E-state index in [-0.39, 0.29) is 29.5 Å². The second kappa shape index (κ2) is 5.32. The van der Waals surface area contributed by atoms with Gasteiger partial charge in [0.2, 0.25) is 0 Å². The highest BCUT2D eigenvalue weighted by molar-refractivity contribution is 5.99. The van der Waals surface area contributed by atoms with Gasteiger partial charge in [-0.2, -0.15) is 0 Å². The molecule has 19 heavy (non-hydrogen) atoms. The SMILES string of the molecule is C=C1CC[C@@H]([C@H](C)C(=O)OC)CC2=C(C)C(=O)C[C@@H]12. The van der Waals surface area contributed by atoms with E-state index < -0.39 is 0 Å². The molecule has 3 atom stereocenters. The zero-order valence-corrected chi connectivity index (χ0v) is 12.0. The van der Waals surface area contributed by atoms with Gasteiger partial charge in [0.15, 0.2) is 5.78 Å². The highest BCUT2D eigenvalue weighted by atomic mass is 16.5. The maximum atomic E-state index is 11.9. The Hall–Kier alpha value is -1.38. The number of ether oxygens (including phenoxy) is 1. The molecular weight excluding hydrogens is 240 g/mol. The van der Waals surface area contributed by atoms with Crippen LogP contribution in [0.25, 0.3) is 0 Å². The summed E-state index contributed by atoms with van der Waals surface area (Å²) in [7, 11) is 1.43. The summed E-state index contributed by atoms with van der Waals surface area (Å²) in [5, 5.41) is 0.